The van der Waals surface area contributed by atoms with E-state index in [2.05, 4.69) is 57.8 Å². The van der Waals surface area contributed by atoms with Crippen LogP contribution >= 0.6 is 0 Å². The molecule has 0 radical (unpaired) electrons. The second-order valence-electron chi connectivity index (χ2n) is 18.3. The van der Waals surface area contributed by atoms with Crippen LogP contribution in [-0.2, 0) is 52.7 Å². The molecule has 0 bridgehead atoms. The Morgan fingerprint density at radius 2 is 1.16 bits per heavy atom. The van der Waals surface area contributed by atoms with Crippen LogP contribution in [0.15, 0.2) is 84.9 Å². The first-order chi connectivity index (χ1) is 34.1. The smallest absolute Gasteiger partial charge is 0.418 e. The standard InChI is InChI=1S/C26H28N4O5.C15H15N3O6.C11H15N.2CH4/c1-16-6-3-4-7-19(16)21-8-5-13-29(21)22(31)15-30-23(32)26(35-25(30)34)12-11-17-14-18(9-10-20(17)26)28-24(33)27-2;1-16-13(22)17-9-2-3-10-8(6-9)4-5-15(10)12(21)18(7-11(19)20)14(23)24-15;1-9-5-2-3-6-10(9)11-7-4-8-12-11;;/h3-4,6-7,9-10,14,21H,5,8,11-13,15H2,1-2H3,(H2,27,28,33);2-3,6H,4-5,7H2,1H3,(H,19,20)(H2,16,17,22);2-3,5-6,11-12H,4,7-8H2,1H3;2*1H4/t21?,26-;15-;;;/m11.../s1. The number of benzene rings is 4. The summed E-state index contributed by atoms with van der Waals surface area (Å²) in [7, 11) is 3.01. The molecule has 2 aliphatic carbocycles. The monoisotopic (exact) mass is 1000 g/mol. The zero-order valence-electron chi connectivity index (χ0n) is 40.1. The van der Waals surface area contributed by atoms with E-state index in [9.17, 15) is 38.4 Å². The Bertz CT molecular complexity index is 2800. The third-order valence-electron chi connectivity index (χ3n) is 14.0. The molecule has 4 fully saturated rings. The van der Waals surface area contributed by atoms with Gasteiger partial charge in [-0.2, -0.15) is 0 Å². The Morgan fingerprint density at radius 3 is 1.63 bits per heavy atom. The van der Waals surface area contributed by atoms with Crippen molar-refractivity contribution in [1.82, 2.24) is 30.7 Å². The molecule has 4 atom stereocenters. The molecule has 0 aromatic heterocycles. The highest BCUT2D eigenvalue weighted by Gasteiger charge is 2.60. The van der Waals surface area contributed by atoms with Gasteiger partial charge in [0.2, 0.25) is 17.1 Å². The third-order valence-corrected chi connectivity index (χ3v) is 14.0. The predicted molar refractivity (Wildman–Crippen MR) is 273 cm³/mol. The number of nitrogens with zero attached hydrogens (tertiary/aromatic N) is 3. The van der Waals surface area contributed by atoms with Gasteiger partial charge in [-0.15, -0.1) is 0 Å². The van der Waals surface area contributed by atoms with E-state index in [-0.39, 0.29) is 51.8 Å². The van der Waals surface area contributed by atoms with Gasteiger partial charge in [-0.25, -0.2) is 29.0 Å². The number of rotatable bonds is 8. The van der Waals surface area contributed by atoms with Crippen molar-refractivity contribution in [2.75, 3.05) is 50.9 Å². The van der Waals surface area contributed by atoms with Crippen molar-refractivity contribution < 1.29 is 52.9 Å². The van der Waals surface area contributed by atoms with Crippen LogP contribution in [0.1, 0.15) is 110 Å². The molecule has 4 saturated heterocycles. The number of carboxylic acid groups (broad SMARTS) is 1. The Labute approximate surface area is 425 Å². The maximum atomic E-state index is 13.5. The molecule has 9 amide bonds. The number of carbonyl (C=O) groups excluding carboxylic acids is 7. The average molecular weight is 1000 g/mol. The third kappa shape index (κ3) is 10.9. The number of urea groups is 2. The number of anilines is 2. The predicted octanol–water partition coefficient (Wildman–Crippen LogP) is 7.56. The summed E-state index contributed by atoms with van der Waals surface area (Å²) in [6, 6.07) is 26.5. The molecule has 6 N–H and O–H groups in total. The highest BCUT2D eigenvalue weighted by atomic mass is 16.6. The molecule has 10 rings (SSSR count). The molecule has 4 aliphatic heterocycles. The van der Waals surface area contributed by atoms with Gasteiger partial charge in [0, 0.05) is 62.0 Å². The second kappa shape index (κ2) is 22.7. The largest absolute Gasteiger partial charge is 0.480 e. The van der Waals surface area contributed by atoms with Crippen molar-refractivity contribution >= 4 is 59.3 Å². The number of imide groups is 2. The Kier molecular flexibility index (Phi) is 17.0. The van der Waals surface area contributed by atoms with Crippen molar-refractivity contribution in [2.24, 2.45) is 0 Å². The van der Waals surface area contributed by atoms with Crippen molar-refractivity contribution in [3.05, 3.63) is 129 Å². The number of aryl methyl sites for hydroxylation is 4. The summed E-state index contributed by atoms with van der Waals surface area (Å²) in [5, 5.41) is 22.6. The molecule has 6 aliphatic rings. The maximum Gasteiger partial charge on any atom is 0.418 e. The number of fused-ring (bicyclic) bond motifs is 4. The maximum absolute atomic E-state index is 13.5. The van der Waals surface area contributed by atoms with Crippen LogP contribution in [-0.4, -0.2) is 108 Å². The van der Waals surface area contributed by atoms with Crippen molar-refractivity contribution in [2.45, 2.75) is 103 Å². The van der Waals surface area contributed by atoms with E-state index in [0.29, 0.717) is 59.3 Å². The number of likely N-dealkylation sites (tertiary alicyclic amines) is 1. The minimum atomic E-state index is -1.46. The van der Waals surface area contributed by atoms with E-state index in [1.54, 1.807) is 41.3 Å². The number of aliphatic carboxylic acids is 1. The molecule has 4 aromatic carbocycles. The fourth-order valence-electron chi connectivity index (χ4n) is 10.5. The van der Waals surface area contributed by atoms with Gasteiger partial charge in [0.05, 0.1) is 6.04 Å². The van der Waals surface area contributed by atoms with E-state index in [0.717, 1.165) is 40.0 Å². The molecule has 2 unspecified atom stereocenters. The van der Waals surface area contributed by atoms with Crippen LogP contribution in [0.3, 0.4) is 0 Å². The Balaban J connectivity index is 0.000000197. The molecule has 0 saturated carbocycles. The summed E-state index contributed by atoms with van der Waals surface area (Å²) in [5.41, 5.74) is 6.07. The van der Waals surface area contributed by atoms with E-state index in [4.69, 9.17) is 14.6 Å². The van der Waals surface area contributed by atoms with Gasteiger partial charge in [0.1, 0.15) is 13.1 Å². The van der Waals surface area contributed by atoms with Crippen LogP contribution in [0.2, 0.25) is 0 Å². The van der Waals surface area contributed by atoms with Gasteiger partial charge in [0.25, 0.3) is 11.8 Å². The molecular formula is C54H66N8O11. The second-order valence-corrected chi connectivity index (χ2v) is 18.3. The zero-order valence-corrected chi connectivity index (χ0v) is 40.1. The SMILES string of the molecule is C.C.CNC(=O)Nc1ccc2c(c1)CC[C@@]21OC(=O)N(CC(=O)N2CCCC2c2ccccc2C)C1=O.CNC(=O)Nc1ccc2c(c1)CC[C@@]21OC(=O)N(CC(=O)O)C1=O.Cc1ccccc1C1CCCN1. The van der Waals surface area contributed by atoms with Crippen LogP contribution in [0.25, 0.3) is 0 Å². The molecular weight excluding hydrogens is 937 g/mol. The first-order valence-electron chi connectivity index (χ1n) is 23.8. The summed E-state index contributed by atoms with van der Waals surface area (Å²) < 4.78 is 10.9. The highest BCUT2D eigenvalue weighted by Crippen LogP contribution is 2.47. The van der Waals surface area contributed by atoms with Crippen LogP contribution in [0, 0.1) is 13.8 Å². The number of hydrogen-bond acceptors (Lipinski definition) is 11. The lowest BCUT2D eigenvalue weighted by molar-refractivity contribution is -0.144. The van der Waals surface area contributed by atoms with E-state index in [1.807, 2.05) is 31.2 Å². The van der Waals surface area contributed by atoms with Crippen LogP contribution in [0.4, 0.5) is 30.6 Å². The normalized spacial score (nSPS) is 21.9. The molecule has 4 heterocycles. The molecule has 73 heavy (non-hydrogen) atoms. The lowest BCUT2D eigenvalue weighted by Gasteiger charge is -2.27. The first kappa shape index (κ1) is 54.5. The summed E-state index contributed by atoms with van der Waals surface area (Å²) in [6.07, 6.45) is 4.11. The summed E-state index contributed by atoms with van der Waals surface area (Å²) in [5.74, 6) is -2.73. The van der Waals surface area contributed by atoms with Crippen molar-refractivity contribution in [3.63, 3.8) is 0 Å². The number of amides is 9. The van der Waals surface area contributed by atoms with Gasteiger partial charge in [-0.1, -0.05) is 75.5 Å². The van der Waals surface area contributed by atoms with E-state index >= 15 is 0 Å². The fourth-order valence-corrected chi connectivity index (χ4v) is 10.5. The number of carboxylic acids is 1. The molecule has 388 valence electrons. The van der Waals surface area contributed by atoms with Gasteiger partial charge in [-0.05, 0) is 117 Å². The fraction of sp³-hybridized carbons (Fsp3) is 0.407. The Hall–Kier alpha value is -7.80. The lowest BCUT2D eigenvalue weighted by atomic mass is 9.94. The highest BCUT2D eigenvalue weighted by molar-refractivity contribution is 6.07. The summed E-state index contributed by atoms with van der Waals surface area (Å²) in [6.45, 7) is 4.91. The first-order valence-corrected chi connectivity index (χ1v) is 23.8. The van der Waals surface area contributed by atoms with E-state index < -0.39 is 47.7 Å². The zero-order chi connectivity index (χ0) is 50.6. The molecule has 4 aromatic rings. The summed E-state index contributed by atoms with van der Waals surface area (Å²) in [4.78, 5) is 101. The molecule has 19 nitrogen and oxygen atoms in total. The van der Waals surface area contributed by atoms with Crippen LogP contribution in [0.5, 0.6) is 0 Å². The minimum Gasteiger partial charge on any atom is -0.480 e. The minimum absolute atomic E-state index is 0. The Morgan fingerprint density at radius 1 is 0.671 bits per heavy atom. The summed E-state index contributed by atoms with van der Waals surface area (Å²) >= 11 is 0. The number of carbonyl (C=O) groups is 8. The lowest BCUT2D eigenvalue weighted by Crippen LogP contribution is -2.44. The number of ether oxygens (including phenoxy) is 2. The number of hydrogen-bond donors (Lipinski definition) is 6. The topological polar surface area (TPSA) is 245 Å². The molecule has 2 spiro atoms. The quantitative estimate of drug-likeness (QED) is 0.100. The number of nitrogens with one attached hydrogen (secondary N) is 5. The van der Waals surface area contributed by atoms with Crippen molar-refractivity contribution in [3.8, 4) is 0 Å². The average Bonchev–Trinajstić information content (AvgIpc) is 4.24. The van der Waals surface area contributed by atoms with Gasteiger partial charge in [0.15, 0.2) is 0 Å². The van der Waals surface area contributed by atoms with Gasteiger partial charge < -0.3 is 46.1 Å². The van der Waals surface area contributed by atoms with Crippen molar-refractivity contribution in [1.29, 1.82) is 0 Å². The van der Waals surface area contributed by atoms with E-state index in [1.165, 1.54) is 44.6 Å². The van der Waals surface area contributed by atoms with Gasteiger partial charge >= 0.3 is 30.2 Å². The molecule has 19 heteroatoms. The van der Waals surface area contributed by atoms with Gasteiger partial charge in [-0.3, -0.25) is 19.2 Å². The van der Waals surface area contributed by atoms with Crippen LogP contribution < -0.4 is 26.6 Å².